The van der Waals surface area contributed by atoms with Crippen LogP contribution in [0.5, 0.6) is 0 Å². The second kappa shape index (κ2) is 12.0. The van der Waals surface area contributed by atoms with Gasteiger partial charge < -0.3 is 9.47 Å². The van der Waals surface area contributed by atoms with E-state index in [0.717, 1.165) is 51.4 Å². The Morgan fingerprint density at radius 2 is 1.00 bits per heavy atom. The fourth-order valence-electron chi connectivity index (χ4n) is 4.26. The highest BCUT2D eigenvalue weighted by atomic mass is 16.6. The van der Waals surface area contributed by atoms with Crippen LogP contribution in [0, 0.1) is 0 Å². The quantitative estimate of drug-likeness (QED) is 0.299. The van der Waals surface area contributed by atoms with Crippen LogP contribution in [-0.2, 0) is 9.47 Å². The highest BCUT2D eigenvalue weighted by Crippen LogP contribution is 2.47. The van der Waals surface area contributed by atoms with E-state index in [9.17, 15) is 0 Å². The SMILES string of the molecule is C=CC1(CCCC)OC(CCCC)C(CCCC)OC1(C=C)CCCC. The Hall–Kier alpha value is -0.600. The largest absolute Gasteiger partial charge is 0.362 e. The van der Waals surface area contributed by atoms with Crippen molar-refractivity contribution in [2.24, 2.45) is 0 Å². The molecular weight excluding hydrogens is 320 g/mol. The molecule has 0 aromatic carbocycles. The lowest BCUT2D eigenvalue weighted by Gasteiger charge is -2.56. The number of rotatable bonds is 14. The van der Waals surface area contributed by atoms with E-state index >= 15 is 0 Å². The van der Waals surface area contributed by atoms with Gasteiger partial charge in [-0.25, -0.2) is 0 Å². The summed E-state index contributed by atoms with van der Waals surface area (Å²) in [5.41, 5.74) is -0.887. The Kier molecular flexibility index (Phi) is 10.8. The van der Waals surface area contributed by atoms with Crippen molar-refractivity contribution in [2.45, 2.75) is 128 Å². The van der Waals surface area contributed by atoms with E-state index in [1.165, 1.54) is 25.7 Å². The maximum Gasteiger partial charge on any atom is 0.119 e. The molecular formula is C24H44O2. The lowest BCUT2D eigenvalue weighted by atomic mass is 9.73. The van der Waals surface area contributed by atoms with Crippen LogP contribution in [0.25, 0.3) is 0 Å². The van der Waals surface area contributed by atoms with E-state index in [4.69, 9.17) is 9.47 Å². The van der Waals surface area contributed by atoms with Crippen LogP contribution in [0.1, 0.15) is 105 Å². The monoisotopic (exact) mass is 364 g/mol. The van der Waals surface area contributed by atoms with E-state index < -0.39 is 11.2 Å². The summed E-state index contributed by atoms with van der Waals surface area (Å²) in [5.74, 6) is 0. The molecule has 0 aliphatic carbocycles. The first-order valence-electron chi connectivity index (χ1n) is 11.2. The predicted octanol–water partition coefficient (Wildman–Crippen LogP) is 7.38. The van der Waals surface area contributed by atoms with E-state index in [-0.39, 0.29) is 12.2 Å². The van der Waals surface area contributed by atoms with Crippen LogP contribution in [-0.4, -0.2) is 23.4 Å². The van der Waals surface area contributed by atoms with Crippen LogP contribution in [0.3, 0.4) is 0 Å². The third-order valence-corrected chi connectivity index (χ3v) is 6.00. The molecule has 0 radical (unpaired) electrons. The summed E-state index contributed by atoms with van der Waals surface area (Å²) < 4.78 is 13.9. The van der Waals surface area contributed by atoms with Gasteiger partial charge in [0.2, 0.25) is 0 Å². The number of hydrogen-bond acceptors (Lipinski definition) is 2. The Balaban J connectivity index is 3.22. The van der Waals surface area contributed by atoms with Crippen LogP contribution in [0.15, 0.2) is 25.3 Å². The van der Waals surface area contributed by atoms with Gasteiger partial charge in [0.05, 0.1) is 12.2 Å². The third kappa shape index (κ3) is 5.45. The van der Waals surface area contributed by atoms with Gasteiger partial charge in [-0.3, -0.25) is 0 Å². The smallest absolute Gasteiger partial charge is 0.119 e. The van der Waals surface area contributed by atoms with E-state index in [1.807, 2.05) is 12.2 Å². The first kappa shape index (κ1) is 23.4. The average molecular weight is 365 g/mol. The number of hydrogen-bond donors (Lipinski definition) is 0. The molecule has 1 aliphatic rings. The van der Waals surface area contributed by atoms with Crippen molar-refractivity contribution in [3.05, 3.63) is 25.3 Å². The van der Waals surface area contributed by atoms with Gasteiger partial charge in [-0.15, -0.1) is 13.2 Å². The molecule has 2 heteroatoms. The summed E-state index contributed by atoms with van der Waals surface area (Å²) in [5, 5.41) is 0. The van der Waals surface area contributed by atoms with Crippen molar-refractivity contribution in [1.29, 1.82) is 0 Å². The molecule has 1 rings (SSSR count). The van der Waals surface area contributed by atoms with E-state index in [1.54, 1.807) is 0 Å². The minimum Gasteiger partial charge on any atom is -0.362 e. The first-order chi connectivity index (χ1) is 12.6. The Bertz CT molecular complexity index is 367. The van der Waals surface area contributed by atoms with Crippen LogP contribution >= 0.6 is 0 Å². The lowest BCUT2D eigenvalue weighted by Crippen LogP contribution is -2.64. The topological polar surface area (TPSA) is 18.5 Å². The molecule has 0 spiro atoms. The van der Waals surface area contributed by atoms with Crippen LogP contribution in [0.2, 0.25) is 0 Å². The molecule has 1 heterocycles. The zero-order valence-electron chi connectivity index (χ0n) is 18.0. The van der Waals surface area contributed by atoms with Crippen molar-refractivity contribution in [3.63, 3.8) is 0 Å². The van der Waals surface area contributed by atoms with Gasteiger partial charge >= 0.3 is 0 Å². The normalized spacial score (nSPS) is 31.7. The molecule has 0 aromatic rings. The summed E-state index contributed by atoms with van der Waals surface area (Å²) in [4.78, 5) is 0. The lowest BCUT2D eigenvalue weighted by molar-refractivity contribution is -0.290. The van der Waals surface area contributed by atoms with Gasteiger partial charge in [0, 0.05) is 0 Å². The molecule has 4 unspecified atom stereocenters. The van der Waals surface area contributed by atoms with Crippen molar-refractivity contribution in [3.8, 4) is 0 Å². The van der Waals surface area contributed by atoms with Gasteiger partial charge in [-0.2, -0.15) is 0 Å². The molecule has 4 atom stereocenters. The van der Waals surface area contributed by atoms with Gasteiger partial charge in [-0.05, 0) is 25.7 Å². The van der Waals surface area contributed by atoms with Crippen LogP contribution in [0.4, 0.5) is 0 Å². The molecule has 0 saturated carbocycles. The summed E-state index contributed by atoms with van der Waals surface area (Å²) in [6.45, 7) is 17.4. The van der Waals surface area contributed by atoms with Crippen molar-refractivity contribution >= 4 is 0 Å². The maximum atomic E-state index is 6.93. The molecule has 1 aliphatic heterocycles. The van der Waals surface area contributed by atoms with Gasteiger partial charge in [0.15, 0.2) is 0 Å². The fraction of sp³-hybridized carbons (Fsp3) is 0.833. The predicted molar refractivity (Wildman–Crippen MR) is 114 cm³/mol. The maximum absolute atomic E-state index is 6.93. The molecule has 0 N–H and O–H groups in total. The van der Waals surface area contributed by atoms with Crippen LogP contribution < -0.4 is 0 Å². The average Bonchev–Trinajstić information content (AvgIpc) is 2.68. The molecule has 152 valence electrons. The second-order valence-electron chi connectivity index (χ2n) is 7.99. The third-order valence-electron chi connectivity index (χ3n) is 6.00. The Morgan fingerprint density at radius 1 is 0.654 bits per heavy atom. The zero-order valence-corrected chi connectivity index (χ0v) is 18.0. The summed E-state index contributed by atoms with van der Waals surface area (Å²) >= 11 is 0. The molecule has 0 aromatic heterocycles. The molecule has 2 nitrogen and oxygen atoms in total. The van der Waals surface area contributed by atoms with Gasteiger partial charge in [0.1, 0.15) is 11.2 Å². The van der Waals surface area contributed by atoms with Crippen molar-refractivity contribution in [1.82, 2.24) is 0 Å². The molecule has 0 bridgehead atoms. The Labute approximate surface area is 163 Å². The number of unbranched alkanes of at least 4 members (excludes halogenated alkanes) is 4. The summed E-state index contributed by atoms with van der Waals surface area (Å²) in [6.07, 6.45) is 17.8. The second-order valence-corrected chi connectivity index (χ2v) is 7.99. The number of ether oxygens (including phenoxy) is 2. The highest BCUT2D eigenvalue weighted by molar-refractivity contribution is 5.22. The molecule has 1 fully saturated rings. The highest BCUT2D eigenvalue weighted by Gasteiger charge is 2.55. The van der Waals surface area contributed by atoms with Gasteiger partial charge in [0.25, 0.3) is 0 Å². The summed E-state index contributed by atoms with van der Waals surface area (Å²) in [7, 11) is 0. The summed E-state index contributed by atoms with van der Waals surface area (Å²) in [6, 6.07) is 0. The zero-order chi connectivity index (χ0) is 19.5. The minimum absolute atomic E-state index is 0.172. The fourth-order valence-corrected chi connectivity index (χ4v) is 4.26. The molecule has 26 heavy (non-hydrogen) atoms. The van der Waals surface area contributed by atoms with Crippen molar-refractivity contribution in [2.75, 3.05) is 0 Å². The molecule has 1 saturated heterocycles. The standard InChI is InChI=1S/C24H44O2/c1-7-13-17-21-22(18-14-8-2)26-24(12-6,20-16-10-4)23(11-5,25-21)19-15-9-3/h11-12,21-22H,5-10,13-20H2,1-4H3. The van der Waals surface area contributed by atoms with E-state index in [2.05, 4.69) is 40.9 Å². The van der Waals surface area contributed by atoms with E-state index in [0.29, 0.717) is 0 Å². The van der Waals surface area contributed by atoms with Crippen molar-refractivity contribution < 1.29 is 9.47 Å². The Morgan fingerprint density at radius 3 is 1.27 bits per heavy atom. The molecule has 0 amide bonds. The van der Waals surface area contributed by atoms with Gasteiger partial charge in [-0.1, -0.05) is 91.2 Å². The first-order valence-corrected chi connectivity index (χ1v) is 11.2. The minimum atomic E-state index is -0.443.